The molecule has 0 aliphatic carbocycles. The van der Waals surface area contributed by atoms with Crippen LogP contribution in [-0.2, 0) is 14.3 Å². The number of halogens is 2. The number of carbonyl (C=O) groups is 2. The number of thiocarbonyl (C=S) groups is 1. The van der Waals surface area contributed by atoms with Gasteiger partial charge in [-0.3, -0.25) is 4.79 Å². The van der Waals surface area contributed by atoms with Crippen molar-refractivity contribution in [3.8, 4) is 5.75 Å². The summed E-state index contributed by atoms with van der Waals surface area (Å²) in [4.78, 5) is 23.4. The normalized spacial score (nSPS) is 15.7. The molecule has 122 valence electrons. The number of esters is 1. The van der Waals surface area contributed by atoms with Crippen molar-refractivity contribution in [2.45, 2.75) is 6.92 Å². The van der Waals surface area contributed by atoms with Crippen molar-refractivity contribution in [3.63, 3.8) is 0 Å². The highest BCUT2D eigenvalue weighted by Gasteiger charge is 2.22. The van der Waals surface area contributed by atoms with Crippen molar-refractivity contribution in [2.24, 2.45) is 0 Å². The van der Waals surface area contributed by atoms with E-state index < -0.39 is 5.97 Å². The highest BCUT2D eigenvalue weighted by molar-refractivity contribution is 8.26. The van der Waals surface area contributed by atoms with Gasteiger partial charge in [0.15, 0.2) is 12.4 Å². The summed E-state index contributed by atoms with van der Waals surface area (Å²) in [7, 11) is 0. The molecule has 1 aromatic rings. The summed E-state index contributed by atoms with van der Waals surface area (Å²) < 4.78 is 10.4. The maximum atomic E-state index is 11.6. The van der Waals surface area contributed by atoms with E-state index in [1.54, 1.807) is 25.1 Å². The van der Waals surface area contributed by atoms with Crippen LogP contribution < -0.4 is 10.1 Å². The molecule has 1 saturated heterocycles. The molecule has 0 saturated carbocycles. The Morgan fingerprint density at radius 2 is 2.04 bits per heavy atom. The van der Waals surface area contributed by atoms with Gasteiger partial charge in [0.2, 0.25) is 0 Å². The molecule has 0 aromatic heterocycles. The SMILES string of the molecule is CCOC(=O)COc1c(Cl)cc(/C=C2/SC(=S)NC2=O)cc1Cl. The van der Waals surface area contributed by atoms with Crippen molar-refractivity contribution >= 4 is 69.5 Å². The topological polar surface area (TPSA) is 64.6 Å². The average Bonchev–Trinajstić information content (AvgIpc) is 2.76. The van der Waals surface area contributed by atoms with E-state index >= 15 is 0 Å². The Morgan fingerprint density at radius 3 is 2.57 bits per heavy atom. The van der Waals surface area contributed by atoms with Crippen LogP contribution in [0.3, 0.4) is 0 Å². The van der Waals surface area contributed by atoms with E-state index in [1.807, 2.05) is 0 Å². The van der Waals surface area contributed by atoms with E-state index in [1.165, 1.54) is 0 Å². The number of carbonyl (C=O) groups excluding carboxylic acids is 2. The van der Waals surface area contributed by atoms with Crippen molar-refractivity contribution < 1.29 is 19.1 Å². The molecule has 1 fully saturated rings. The molecular formula is C14H11Cl2NO4S2. The fraction of sp³-hybridized carbons (Fsp3) is 0.214. The number of hydrogen-bond donors (Lipinski definition) is 1. The highest BCUT2D eigenvalue weighted by atomic mass is 35.5. The molecule has 9 heteroatoms. The quantitative estimate of drug-likeness (QED) is 0.471. The first-order valence-electron chi connectivity index (χ1n) is 6.43. The van der Waals surface area contributed by atoms with E-state index in [0.717, 1.165) is 11.8 Å². The Kier molecular flexibility index (Phi) is 6.29. The Morgan fingerprint density at radius 1 is 1.39 bits per heavy atom. The number of amides is 1. The lowest BCUT2D eigenvalue weighted by atomic mass is 10.2. The second kappa shape index (κ2) is 8.01. The van der Waals surface area contributed by atoms with E-state index in [0.29, 0.717) is 14.8 Å². The molecule has 1 N–H and O–H groups in total. The minimum Gasteiger partial charge on any atom is -0.479 e. The Bertz CT molecular complexity index is 683. The van der Waals surface area contributed by atoms with Gasteiger partial charge >= 0.3 is 5.97 Å². The zero-order valence-corrected chi connectivity index (χ0v) is 15.0. The molecule has 5 nitrogen and oxygen atoms in total. The van der Waals surface area contributed by atoms with Gasteiger partial charge in [0.25, 0.3) is 5.91 Å². The van der Waals surface area contributed by atoms with E-state index in [4.69, 9.17) is 44.9 Å². The van der Waals surface area contributed by atoms with Crippen molar-refractivity contribution in [1.82, 2.24) is 5.32 Å². The maximum Gasteiger partial charge on any atom is 0.344 e. The van der Waals surface area contributed by atoms with Gasteiger partial charge < -0.3 is 14.8 Å². The third-order valence-corrected chi connectivity index (χ3v) is 4.32. The third-order valence-electron chi connectivity index (χ3n) is 2.60. The molecule has 0 unspecified atom stereocenters. The van der Waals surface area contributed by atoms with Crippen molar-refractivity contribution in [3.05, 3.63) is 32.6 Å². The van der Waals surface area contributed by atoms with E-state index in [9.17, 15) is 9.59 Å². The second-order valence-corrected chi connectivity index (χ2v) is 6.79. The lowest BCUT2D eigenvalue weighted by Crippen LogP contribution is -2.17. The van der Waals surface area contributed by atoms with Crippen LogP contribution in [0.15, 0.2) is 17.0 Å². The van der Waals surface area contributed by atoms with E-state index in [2.05, 4.69) is 5.32 Å². The summed E-state index contributed by atoms with van der Waals surface area (Å²) in [5, 5.41) is 2.96. The van der Waals surface area contributed by atoms with Crippen LogP contribution in [0, 0.1) is 0 Å². The first-order chi connectivity index (χ1) is 10.9. The largest absolute Gasteiger partial charge is 0.479 e. The molecule has 23 heavy (non-hydrogen) atoms. The summed E-state index contributed by atoms with van der Waals surface area (Å²) in [6.45, 7) is 1.67. The molecule has 1 amide bonds. The Balaban J connectivity index is 2.17. The average molecular weight is 392 g/mol. The number of nitrogens with one attached hydrogen (secondary N) is 1. The van der Waals surface area contributed by atoms with E-state index in [-0.39, 0.29) is 34.9 Å². The molecule has 0 bridgehead atoms. The number of benzene rings is 1. The molecule has 0 radical (unpaired) electrons. The number of rotatable bonds is 5. The monoisotopic (exact) mass is 391 g/mol. The van der Waals surface area contributed by atoms with Crippen LogP contribution in [-0.4, -0.2) is 29.4 Å². The molecule has 2 rings (SSSR count). The van der Waals surface area contributed by atoms with Crippen LogP contribution in [0.1, 0.15) is 12.5 Å². The maximum absolute atomic E-state index is 11.6. The third kappa shape index (κ3) is 4.84. The summed E-state index contributed by atoms with van der Waals surface area (Å²) in [6, 6.07) is 3.16. The molecule has 1 heterocycles. The van der Waals surface area contributed by atoms with Crippen molar-refractivity contribution in [2.75, 3.05) is 13.2 Å². The number of thioether (sulfide) groups is 1. The van der Waals surface area contributed by atoms with Crippen molar-refractivity contribution in [1.29, 1.82) is 0 Å². The molecule has 1 aliphatic heterocycles. The van der Waals surface area contributed by atoms with Crippen LogP contribution in [0.25, 0.3) is 6.08 Å². The van der Waals surface area contributed by atoms with Gasteiger partial charge in [0, 0.05) is 0 Å². The first kappa shape index (κ1) is 18.1. The number of ether oxygens (including phenoxy) is 2. The fourth-order valence-corrected chi connectivity index (χ4v) is 3.36. The smallest absolute Gasteiger partial charge is 0.344 e. The van der Waals surface area contributed by atoms with Gasteiger partial charge in [-0.25, -0.2) is 4.79 Å². The Hall–Kier alpha value is -1.28. The summed E-state index contributed by atoms with van der Waals surface area (Å²) in [5.41, 5.74) is 0.617. The zero-order chi connectivity index (χ0) is 17.0. The molecule has 1 aromatic carbocycles. The number of hydrogen-bond acceptors (Lipinski definition) is 6. The zero-order valence-electron chi connectivity index (χ0n) is 11.9. The summed E-state index contributed by atoms with van der Waals surface area (Å²) in [6.07, 6.45) is 1.62. The summed E-state index contributed by atoms with van der Waals surface area (Å²) >= 11 is 18.3. The second-order valence-electron chi connectivity index (χ2n) is 4.26. The highest BCUT2D eigenvalue weighted by Crippen LogP contribution is 2.36. The minimum atomic E-state index is -0.515. The predicted molar refractivity (Wildman–Crippen MR) is 94.9 cm³/mol. The van der Waals surface area contributed by atoms with Crippen LogP contribution in [0.2, 0.25) is 10.0 Å². The van der Waals surface area contributed by atoms with Gasteiger partial charge in [0.05, 0.1) is 21.6 Å². The molecule has 0 atom stereocenters. The van der Waals surface area contributed by atoms with Gasteiger partial charge in [-0.2, -0.15) is 0 Å². The lowest BCUT2D eigenvalue weighted by Gasteiger charge is -2.10. The molecule has 1 aliphatic rings. The van der Waals surface area contributed by atoms with Crippen LogP contribution in [0.4, 0.5) is 0 Å². The first-order valence-corrected chi connectivity index (χ1v) is 8.41. The standard InChI is InChI=1S/C14H11Cl2NO4S2/c1-2-20-11(18)6-21-12-8(15)3-7(4-9(12)16)5-10-13(19)17-14(22)23-10/h3-5H,2,6H2,1H3,(H,17,19,22)/b10-5+. The van der Waals surface area contributed by atoms with Crippen LogP contribution in [0.5, 0.6) is 5.75 Å². The lowest BCUT2D eigenvalue weighted by molar-refractivity contribution is -0.145. The van der Waals surface area contributed by atoms with Gasteiger partial charge in [-0.05, 0) is 30.7 Å². The molecule has 0 spiro atoms. The molecular weight excluding hydrogens is 381 g/mol. The fourth-order valence-electron chi connectivity index (χ4n) is 1.71. The van der Waals surface area contributed by atoms with Crippen LogP contribution >= 0.6 is 47.2 Å². The summed E-state index contributed by atoms with van der Waals surface area (Å²) in [5.74, 6) is -0.601. The van der Waals surface area contributed by atoms with Gasteiger partial charge in [-0.15, -0.1) is 0 Å². The predicted octanol–water partition coefficient (Wildman–Crippen LogP) is 3.42. The minimum absolute atomic E-state index is 0.183. The van der Waals surface area contributed by atoms with Gasteiger partial charge in [-0.1, -0.05) is 47.2 Å². The van der Waals surface area contributed by atoms with Gasteiger partial charge in [0.1, 0.15) is 4.32 Å². The Labute approximate surface area is 152 Å².